The molecule has 0 fully saturated rings. The second-order valence-electron chi connectivity index (χ2n) is 3.22. The number of pyridine rings is 1. The summed E-state index contributed by atoms with van der Waals surface area (Å²) < 4.78 is 1.04. The molecule has 0 aromatic carbocycles. The summed E-state index contributed by atoms with van der Waals surface area (Å²) in [7, 11) is 0. The van der Waals surface area contributed by atoms with Gasteiger partial charge in [0.1, 0.15) is 0 Å². The minimum absolute atomic E-state index is 0.0585. The number of carboxylic acid groups (broad SMARTS) is 1. The number of hydrogen-bond acceptors (Lipinski definition) is 4. The minimum atomic E-state index is -1.06. The first-order valence-corrected chi connectivity index (χ1v) is 7.84. The molecule has 0 bridgehead atoms. The van der Waals surface area contributed by atoms with Gasteiger partial charge in [0.05, 0.1) is 0 Å². The van der Waals surface area contributed by atoms with Crippen LogP contribution in [0.4, 0.5) is 0 Å². The molecule has 0 saturated carbocycles. The molecule has 0 aliphatic carbocycles. The van der Waals surface area contributed by atoms with E-state index in [0.717, 1.165) is 0 Å². The Labute approximate surface area is 118 Å². The topological polar surface area (TPSA) is 67.3 Å². The molecule has 2 heterocycles. The molecule has 0 aliphatic rings. The number of carboxylic acids is 1. The molecule has 1 N–H and O–H groups in total. The number of thiophene rings is 1. The van der Waals surface area contributed by atoms with Gasteiger partial charge in [0.15, 0.2) is 0 Å². The fourth-order valence-corrected chi connectivity index (χ4v) is 4.37. The number of nitrogens with zero attached hydrogens (tertiary/aromatic N) is 1. The average Bonchev–Trinajstić information content (AvgIpc) is 2.76. The SMILES string of the molecule is O=C([As]c1ccncc1C(=O)O)c1ccc(Cl)s1. The van der Waals surface area contributed by atoms with Crippen LogP contribution in [-0.2, 0) is 0 Å². The van der Waals surface area contributed by atoms with E-state index in [4.69, 9.17) is 16.7 Å². The fourth-order valence-electron chi connectivity index (χ4n) is 1.24. The van der Waals surface area contributed by atoms with Gasteiger partial charge in [-0.25, -0.2) is 0 Å². The van der Waals surface area contributed by atoms with E-state index in [-0.39, 0.29) is 10.1 Å². The van der Waals surface area contributed by atoms with Gasteiger partial charge in [-0.05, 0) is 0 Å². The van der Waals surface area contributed by atoms with Crippen molar-refractivity contribution in [3.05, 3.63) is 45.4 Å². The van der Waals surface area contributed by atoms with Gasteiger partial charge in [0.2, 0.25) is 0 Å². The van der Waals surface area contributed by atoms with Crippen LogP contribution in [0.25, 0.3) is 0 Å². The van der Waals surface area contributed by atoms with Crippen LogP contribution in [0.5, 0.6) is 0 Å². The molecule has 0 unspecified atom stereocenters. The fraction of sp³-hybridized carbons (Fsp3) is 0. The molecule has 2 aromatic heterocycles. The Kier molecular flexibility index (Phi) is 4.17. The molecule has 2 aromatic rings. The summed E-state index contributed by atoms with van der Waals surface area (Å²) in [4.78, 5) is 27.3. The molecular formula is C11H6AsClNO3S. The van der Waals surface area contributed by atoms with E-state index in [0.29, 0.717) is 13.6 Å². The molecule has 4 nitrogen and oxygen atoms in total. The van der Waals surface area contributed by atoms with Gasteiger partial charge >= 0.3 is 119 Å². The molecule has 0 saturated heterocycles. The Morgan fingerprint density at radius 3 is 2.72 bits per heavy atom. The van der Waals surface area contributed by atoms with Gasteiger partial charge in [0.25, 0.3) is 0 Å². The molecule has 2 rings (SSSR count). The Bertz CT molecular complexity index is 614. The summed E-state index contributed by atoms with van der Waals surface area (Å²) in [6, 6.07) is 4.90. The van der Waals surface area contributed by atoms with Gasteiger partial charge in [-0.1, -0.05) is 0 Å². The zero-order valence-corrected chi connectivity index (χ0v) is 12.3. The third-order valence-electron chi connectivity index (χ3n) is 2.03. The first-order valence-electron chi connectivity index (χ1n) is 4.76. The quantitative estimate of drug-likeness (QED) is 0.858. The van der Waals surface area contributed by atoms with E-state index >= 15 is 0 Å². The molecule has 0 atom stereocenters. The van der Waals surface area contributed by atoms with Crippen molar-refractivity contribution >= 4 is 53.6 Å². The maximum absolute atomic E-state index is 12.0. The first kappa shape index (κ1) is 13.3. The third kappa shape index (κ3) is 2.99. The van der Waals surface area contributed by atoms with Crippen LogP contribution >= 0.6 is 22.9 Å². The van der Waals surface area contributed by atoms with Gasteiger partial charge in [-0.3, -0.25) is 0 Å². The van der Waals surface area contributed by atoms with Gasteiger partial charge in [0, 0.05) is 0 Å². The summed E-state index contributed by atoms with van der Waals surface area (Å²) in [5.41, 5.74) is 0.0912. The molecule has 18 heavy (non-hydrogen) atoms. The van der Waals surface area contributed by atoms with Crippen LogP contribution in [-0.4, -0.2) is 36.4 Å². The van der Waals surface area contributed by atoms with Crippen molar-refractivity contribution in [1.82, 2.24) is 4.98 Å². The summed E-state index contributed by atoms with van der Waals surface area (Å²) >= 11 is 6.06. The number of aromatic nitrogens is 1. The van der Waals surface area contributed by atoms with E-state index in [9.17, 15) is 9.59 Å². The zero-order chi connectivity index (χ0) is 13.1. The number of rotatable bonds is 4. The second kappa shape index (κ2) is 5.65. The number of carbonyl (C=O) groups is 2. The Morgan fingerprint density at radius 1 is 1.33 bits per heavy atom. The van der Waals surface area contributed by atoms with Gasteiger partial charge < -0.3 is 0 Å². The number of aromatic carboxylic acids is 1. The molecule has 7 heteroatoms. The summed E-state index contributed by atoms with van der Waals surface area (Å²) in [5.74, 6) is -1.06. The van der Waals surface area contributed by atoms with Crippen LogP contribution in [0.2, 0.25) is 4.34 Å². The van der Waals surface area contributed by atoms with E-state index in [1.165, 1.54) is 23.7 Å². The Morgan fingerprint density at radius 2 is 2.11 bits per heavy atom. The van der Waals surface area contributed by atoms with E-state index in [1.54, 1.807) is 18.2 Å². The van der Waals surface area contributed by atoms with Crippen molar-refractivity contribution in [3.8, 4) is 0 Å². The third-order valence-corrected chi connectivity index (χ3v) is 5.85. The van der Waals surface area contributed by atoms with Crippen LogP contribution in [0.3, 0.4) is 0 Å². The molecule has 0 amide bonds. The predicted octanol–water partition coefficient (Wildman–Crippen LogP) is 1.66. The van der Waals surface area contributed by atoms with Crippen molar-refractivity contribution in [2.24, 2.45) is 0 Å². The summed E-state index contributed by atoms with van der Waals surface area (Å²) in [6.45, 7) is 0. The average molecular weight is 343 g/mol. The van der Waals surface area contributed by atoms with Crippen LogP contribution in [0, 0.1) is 0 Å². The number of hydrogen-bond donors (Lipinski definition) is 1. The zero-order valence-electron chi connectivity index (χ0n) is 8.83. The normalized spacial score (nSPS) is 10.9. The van der Waals surface area contributed by atoms with Crippen molar-refractivity contribution < 1.29 is 14.7 Å². The van der Waals surface area contributed by atoms with E-state index in [1.807, 2.05) is 0 Å². The molecule has 0 aliphatic heterocycles. The molecule has 91 valence electrons. The molecule has 0 spiro atoms. The summed E-state index contributed by atoms with van der Waals surface area (Å²) in [6.07, 6.45) is 2.76. The predicted molar refractivity (Wildman–Crippen MR) is 70.2 cm³/mol. The Hall–Kier alpha value is -1.16. The monoisotopic (exact) mass is 342 g/mol. The molecular weight excluding hydrogens is 337 g/mol. The standard InChI is InChI=1S/C11H6AsClNO3S/c13-9-2-1-8(18-9)10(15)12-7-3-4-14-5-6(7)11(16)17/h1-5H,(H,16,17). The first-order chi connectivity index (χ1) is 8.58. The van der Waals surface area contributed by atoms with E-state index in [2.05, 4.69) is 4.98 Å². The van der Waals surface area contributed by atoms with Crippen molar-refractivity contribution in [2.75, 3.05) is 0 Å². The van der Waals surface area contributed by atoms with Crippen LogP contribution < -0.4 is 4.35 Å². The van der Waals surface area contributed by atoms with Crippen molar-refractivity contribution in [1.29, 1.82) is 0 Å². The number of carbonyl (C=O) groups excluding carboxylic acids is 1. The van der Waals surface area contributed by atoms with Crippen molar-refractivity contribution in [3.63, 3.8) is 0 Å². The van der Waals surface area contributed by atoms with Gasteiger partial charge in [-0.2, -0.15) is 0 Å². The van der Waals surface area contributed by atoms with Gasteiger partial charge in [-0.15, -0.1) is 0 Å². The Balaban J connectivity index is 2.24. The maximum atomic E-state index is 12.0. The second-order valence-corrected chi connectivity index (χ2v) is 7.27. The van der Waals surface area contributed by atoms with Crippen LogP contribution in [0.1, 0.15) is 20.0 Å². The van der Waals surface area contributed by atoms with E-state index < -0.39 is 21.7 Å². The molecule has 1 radical (unpaired) electrons. The number of halogens is 1. The summed E-state index contributed by atoms with van der Waals surface area (Å²) in [5, 5.41) is 9.00. The van der Waals surface area contributed by atoms with Crippen molar-refractivity contribution in [2.45, 2.75) is 0 Å². The van der Waals surface area contributed by atoms with Crippen LogP contribution in [0.15, 0.2) is 30.6 Å².